The van der Waals surface area contributed by atoms with Crippen molar-refractivity contribution >= 4 is 22.6 Å². The lowest BCUT2D eigenvalue weighted by molar-refractivity contribution is 0.324. The van der Waals surface area contributed by atoms with Crippen LogP contribution in [0.5, 0.6) is 23.0 Å². The molecule has 0 atom stereocenters. The number of aryl methyl sites for hydroxylation is 1. The van der Waals surface area contributed by atoms with Crippen molar-refractivity contribution in [1.29, 1.82) is 0 Å². The molecule has 0 radical (unpaired) electrons. The predicted molar refractivity (Wildman–Crippen MR) is 118 cm³/mol. The lowest BCUT2D eigenvalue weighted by atomic mass is 10.00. The number of hydrogen-bond donors (Lipinski definition) is 1. The normalized spacial score (nSPS) is 11.1. The molecule has 0 saturated heterocycles. The summed E-state index contributed by atoms with van der Waals surface area (Å²) < 4.78 is 27.9. The molecule has 1 heterocycles. The number of aliphatic hydroxyl groups excluding tert-OH is 1. The zero-order chi connectivity index (χ0) is 21.8. The van der Waals surface area contributed by atoms with E-state index in [0.29, 0.717) is 39.9 Å². The van der Waals surface area contributed by atoms with Crippen LogP contribution in [0.15, 0.2) is 41.3 Å². The minimum Gasteiger partial charge on any atom is -0.496 e. The lowest BCUT2D eigenvalue weighted by Crippen LogP contribution is -1.97. The van der Waals surface area contributed by atoms with Crippen molar-refractivity contribution in [1.82, 2.24) is 0 Å². The Kier molecular flexibility index (Phi) is 6.37. The monoisotopic (exact) mass is 410 g/mol. The third kappa shape index (κ3) is 3.74. The second-order valence-corrected chi connectivity index (χ2v) is 6.62. The van der Waals surface area contributed by atoms with Crippen LogP contribution in [0.1, 0.15) is 22.5 Å². The molecule has 0 fully saturated rings. The quantitative estimate of drug-likeness (QED) is 0.573. The van der Waals surface area contributed by atoms with Crippen LogP contribution in [0.2, 0.25) is 0 Å². The minimum absolute atomic E-state index is 0.0469. The zero-order valence-corrected chi connectivity index (χ0v) is 17.9. The first-order valence-corrected chi connectivity index (χ1v) is 9.37. The van der Waals surface area contributed by atoms with Gasteiger partial charge in [0.1, 0.15) is 17.1 Å². The fourth-order valence-electron chi connectivity index (χ4n) is 3.43. The van der Waals surface area contributed by atoms with Crippen molar-refractivity contribution in [2.24, 2.45) is 0 Å². The van der Waals surface area contributed by atoms with E-state index in [1.165, 1.54) is 0 Å². The summed E-state index contributed by atoms with van der Waals surface area (Å²) in [5.41, 5.74) is 3.97. The van der Waals surface area contributed by atoms with E-state index in [1.54, 1.807) is 34.5 Å². The van der Waals surface area contributed by atoms with Gasteiger partial charge in [0.25, 0.3) is 0 Å². The first-order valence-electron chi connectivity index (χ1n) is 9.37. The molecule has 6 nitrogen and oxygen atoms in total. The molecule has 3 rings (SSSR count). The average Bonchev–Trinajstić information content (AvgIpc) is 3.10. The van der Waals surface area contributed by atoms with Crippen LogP contribution >= 0.6 is 0 Å². The van der Waals surface area contributed by atoms with Gasteiger partial charge in [0.15, 0.2) is 11.5 Å². The molecule has 3 aromatic rings. The Morgan fingerprint density at radius 2 is 1.60 bits per heavy atom. The average molecular weight is 410 g/mol. The van der Waals surface area contributed by atoms with Crippen LogP contribution < -0.4 is 18.9 Å². The second kappa shape index (κ2) is 8.97. The highest BCUT2D eigenvalue weighted by atomic mass is 16.5. The largest absolute Gasteiger partial charge is 0.496 e. The van der Waals surface area contributed by atoms with Crippen molar-refractivity contribution in [3.8, 4) is 23.0 Å². The van der Waals surface area contributed by atoms with Gasteiger partial charge in [-0.3, -0.25) is 0 Å². The molecule has 0 saturated carbocycles. The highest BCUT2D eigenvalue weighted by molar-refractivity contribution is 5.92. The van der Waals surface area contributed by atoms with Crippen LogP contribution in [0.3, 0.4) is 0 Å². The Labute approximate surface area is 175 Å². The summed E-state index contributed by atoms with van der Waals surface area (Å²) in [5.74, 6) is 2.91. The Bertz CT molecular complexity index is 1080. The maximum Gasteiger partial charge on any atom is 0.203 e. The van der Waals surface area contributed by atoms with Gasteiger partial charge in [0, 0.05) is 28.2 Å². The summed E-state index contributed by atoms with van der Waals surface area (Å²) in [6.45, 7) is 6.18. The van der Waals surface area contributed by atoms with Crippen molar-refractivity contribution in [2.45, 2.75) is 6.92 Å². The third-order valence-electron chi connectivity index (χ3n) is 4.98. The molecule has 158 valence electrons. The molecule has 0 unspecified atom stereocenters. The first kappa shape index (κ1) is 21.3. The van der Waals surface area contributed by atoms with Crippen LogP contribution in [0.25, 0.3) is 22.6 Å². The van der Waals surface area contributed by atoms with Gasteiger partial charge in [0.2, 0.25) is 5.75 Å². The molecule has 0 aliphatic heterocycles. The maximum absolute atomic E-state index is 9.10. The topological polar surface area (TPSA) is 70.3 Å². The Morgan fingerprint density at radius 1 is 0.967 bits per heavy atom. The van der Waals surface area contributed by atoms with Crippen molar-refractivity contribution in [3.63, 3.8) is 0 Å². The molecule has 0 aliphatic carbocycles. The molecule has 0 amide bonds. The molecule has 6 heteroatoms. The van der Waals surface area contributed by atoms with Crippen molar-refractivity contribution in [3.05, 3.63) is 59.4 Å². The molecule has 1 aromatic heterocycles. The minimum atomic E-state index is -0.0469. The van der Waals surface area contributed by atoms with Gasteiger partial charge >= 0.3 is 0 Å². The lowest BCUT2D eigenvalue weighted by Gasteiger charge is -2.14. The Balaban J connectivity index is 2.14. The van der Waals surface area contributed by atoms with E-state index in [2.05, 4.69) is 6.58 Å². The number of hydrogen-bond acceptors (Lipinski definition) is 6. The number of benzene rings is 2. The molecule has 0 aliphatic rings. The van der Waals surface area contributed by atoms with E-state index < -0.39 is 0 Å². The number of furan rings is 1. The first-order chi connectivity index (χ1) is 14.5. The summed E-state index contributed by atoms with van der Waals surface area (Å²) in [6, 6.07) is 7.50. The van der Waals surface area contributed by atoms with E-state index >= 15 is 0 Å². The van der Waals surface area contributed by atoms with E-state index in [4.69, 9.17) is 28.5 Å². The number of ether oxygens (including phenoxy) is 4. The fourth-order valence-corrected chi connectivity index (χ4v) is 3.43. The van der Waals surface area contributed by atoms with Gasteiger partial charge in [-0.1, -0.05) is 18.7 Å². The van der Waals surface area contributed by atoms with Gasteiger partial charge in [-0.25, -0.2) is 0 Å². The van der Waals surface area contributed by atoms with E-state index in [1.807, 2.05) is 37.3 Å². The van der Waals surface area contributed by atoms with Gasteiger partial charge in [-0.15, -0.1) is 0 Å². The highest BCUT2D eigenvalue weighted by Crippen LogP contribution is 2.42. The molecular weight excluding hydrogens is 384 g/mol. The third-order valence-corrected chi connectivity index (χ3v) is 4.98. The molecule has 0 spiro atoms. The van der Waals surface area contributed by atoms with Gasteiger partial charge in [-0.2, -0.15) is 0 Å². The Hall–Kier alpha value is -3.38. The molecule has 30 heavy (non-hydrogen) atoms. The molecule has 0 bridgehead atoms. The number of fused-ring (bicyclic) bond motifs is 1. The molecule has 2 aromatic carbocycles. The number of aliphatic hydroxyl groups is 1. The standard InChI is InChI=1S/C24H26O6/c1-14(17-11-21(27-4)24(29-6)22(12-17)28-5)23-15(2)18-10-16(8-7-9-25)19(26-3)13-20(18)30-23/h7-8,10-13,25H,1,9H2,2-6H3/b8-7+. The molecular formula is C24H26O6. The van der Waals surface area contributed by atoms with E-state index in [0.717, 1.165) is 22.1 Å². The van der Waals surface area contributed by atoms with Gasteiger partial charge in [0.05, 0.1) is 35.0 Å². The fraction of sp³-hybridized carbons (Fsp3) is 0.250. The highest BCUT2D eigenvalue weighted by Gasteiger charge is 2.20. The smallest absolute Gasteiger partial charge is 0.203 e. The number of rotatable bonds is 8. The summed E-state index contributed by atoms with van der Waals surface area (Å²) >= 11 is 0. The van der Waals surface area contributed by atoms with Crippen LogP contribution in [0.4, 0.5) is 0 Å². The van der Waals surface area contributed by atoms with Crippen LogP contribution in [0, 0.1) is 6.92 Å². The van der Waals surface area contributed by atoms with Crippen molar-refractivity contribution in [2.75, 3.05) is 35.0 Å². The molecule has 1 N–H and O–H groups in total. The van der Waals surface area contributed by atoms with Gasteiger partial charge in [-0.05, 0) is 30.7 Å². The van der Waals surface area contributed by atoms with E-state index in [-0.39, 0.29) is 6.61 Å². The van der Waals surface area contributed by atoms with Crippen LogP contribution in [-0.4, -0.2) is 40.2 Å². The summed E-state index contributed by atoms with van der Waals surface area (Å²) in [7, 11) is 6.31. The zero-order valence-electron chi connectivity index (χ0n) is 17.9. The maximum atomic E-state index is 9.10. The summed E-state index contributed by atoms with van der Waals surface area (Å²) in [4.78, 5) is 0. The Morgan fingerprint density at radius 3 is 2.13 bits per heavy atom. The van der Waals surface area contributed by atoms with E-state index in [9.17, 15) is 0 Å². The van der Waals surface area contributed by atoms with Crippen LogP contribution in [-0.2, 0) is 0 Å². The van der Waals surface area contributed by atoms with Gasteiger partial charge < -0.3 is 28.5 Å². The summed E-state index contributed by atoms with van der Waals surface area (Å²) in [6.07, 6.45) is 3.48. The second-order valence-electron chi connectivity index (χ2n) is 6.62. The predicted octanol–water partition coefficient (Wildman–Crippen LogP) is 4.84. The number of methoxy groups -OCH3 is 4. The van der Waals surface area contributed by atoms with Crippen molar-refractivity contribution < 1.29 is 28.5 Å². The summed E-state index contributed by atoms with van der Waals surface area (Å²) in [5, 5.41) is 10.0. The SMILES string of the molecule is C=C(c1cc(OC)c(OC)c(OC)c1)c1oc2cc(OC)c(/C=C/CO)cc2c1C.